The Bertz CT molecular complexity index is 2300. The summed E-state index contributed by atoms with van der Waals surface area (Å²) < 4.78 is 80.9. The van der Waals surface area contributed by atoms with E-state index in [1.54, 1.807) is 0 Å². The maximum Gasteiger partial charge on any atom is 0.306 e. The fourth-order valence-electron chi connectivity index (χ4n) is 17.1. The molecule has 29 atom stereocenters. The third kappa shape index (κ3) is 10.4. The minimum atomic E-state index is -2.63. The Labute approximate surface area is 462 Å². The second-order valence-corrected chi connectivity index (χ2v) is 26.8. The van der Waals surface area contributed by atoms with Crippen molar-refractivity contribution in [1.29, 1.82) is 0 Å². The quantitative estimate of drug-likeness (QED) is 0.173. The van der Waals surface area contributed by atoms with Crippen molar-refractivity contribution in [2.75, 3.05) is 6.61 Å². The first-order chi connectivity index (χ1) is 37.7. The lowest BCUT2D eigenvalue weighted by Gasteiger charge is -2.54. The van der Waals surface area contributed by atoms with Gasteiger partial charge in [0.2, 0.25) is 11.6 Å². The number of carbonyl (C=O) groups excluding carboxylic acids is 1. The number of aliphatic hydroxyl groups excluding tert-OH is 3. The van der Waals surface area contributed by atoms with Gasteiger partial charge in [0.25, 0.3) is 0 Å². The van der Waals surface area contributed by atoms with E-state index >= 15 is 0 Å². The van der Waals surface area contributed by atoms with Crippen LogP contribution >= 0.6 is 0 Å². The predicted molar refractivity (Wildman–Crippen MR) is 274 cm³/mol. The van der Waals surface area contributed by atoms with Crippen molar-refractivity contribution < 1.29 is 97.1 Å². The van der Waals surface area contributed by atoms with Crippen LogP contribution in [0.3, 0.4) is 0 Å². The van der Waals surface area contributed by atoms with Crippen molar-refractivity contribution in [3.05, 3.63) is 24.3 Å². The predicted octanol–water partition coefficient (Wildman–Crippen LogP) is 3.84. The van der Waals surface area contributed by atoms with Gasteiger partial charge in [-0.2, -0.15) is 0 Å². The number of ether oxygens (including phenoxy) is 12. The molecule has 13 rings (SSSR count). The van der Waals surface area contributed by atoms with Crippen LogP contribution < -0.4 is 0 Å². The molecule has 79 heavy (non-hydrogen) atoms. The monoisotopic (exact) mass is 1110 g/mol. The Hall–Kier alpha value is -2.06. The number of carbonyl (C=O) groups is 2. The molecule has 0 aliphatic carbocycles. The van der Waals surface area contributed by atoms with Crippen LogP contribution in [0.25, 0.3) is 0 Å². The van der Waals surface area contributed by atoms with Crippen molar-refractivity contribution in [3.63, 3.8) is 0 Å². The van der Waals surface area contributed by atoms with Crippen LogP contribution in [-0.2, 0) is 66.4 Å². The molecular formula is C59H86O20. The fourth-order valence-corrected chi connectivity index (χ4v) is 17.1. The number of aliphatic hydroxyl groups is 5. The summed E-state index contributed by atoms with van der Waals surface area (Å²) in [5.74, 6) is -6.94. The smallest absolute Gasteiger partial charge is 0.306 e. The molecule has 20 heteroatoms. The molecule has 0 saturated carbocycles. The Morgan fingerprint density at radius 2 is 1.39 bits per heavy atom. The van der Waals surface area contributed by atoms with Crippen molar-refractivity contribution in [2.45, 2.75) is 294 Å². The lowest BCUT2D eigenvalue weighted by Crippen LogP contribution is -2.67. The molecule has 2 spiro atoms. The van der Waals surface area contributed by atoms with Crippen molar-refractivity contribution in [3.8, 4) is 0 Å². The van der Waals surface area contributed by atoms with Crippen LogP contribution in [0.5, 0.6) is 0 Å². The van der Waals surface area contributed by atoms with Gasteiger partial charge in [-0.3, -0.25) is 9.59 Å². The van der Waals surface area contributed by atoms with Gasteiger partial charge in [0.15, 0.2) is 11.9 Å². The Morgan fingerprint density at radius 1 is 0.620 bits per heavy atom. The third-order valence-electron chi connectivity index (χ3n) is 21.3. The summed E-state index contributed by atoms with van der Waals surface area (Å²) in [7, 11) is 0. The zero-order valence-corrected chi connectivity index (χ0v) is 46.0. The molecule has 0 aromatic rings. The second kappa shape index (κ2) is 21.5. The van der Waals surface area contributed by atoms with Crippen LogP contribution in [0.2, 0.25) is 0 Å². The topological polar surface area (TPSA) is 266 Å². The maximum absolute atomic E-state index is 14.7. The highest BCUT2D eigenvalue weighted by atomic mass is 16.8. The van der Waals surface area contributed by atoms with Gasteiger partial charge in [-0.1, -0.05) is 33.9 Å². The number of aliphatic carboxylic acids is 1. The number of hydrogen-bond donors (Lipinski definition) is 6. The Balaban J connectivity index is 0.721. The summed E-state index contributed by atoms with van der Waals surface area (Å²) in [5, 5.41) is 66.5. The number of ketones is 1. The molecule has 4 unspecified atom stereocenters. The van der Waals surface area contributed by atoms with Gasteiger partial charge < -0.3 is 87.5 Å². The number of carboxylic acid groups (broad SMARTS) is 1. The van der Waals surface area contributed by atoms with E-state index in [1.165, 1.54) is 0 Å². The Morgan fingerprint density at radius 3 is 2.22 bits per heavy atom. The standard InChI is InChI=1S/C59H86O20/c1-26-14-34-6-8-39-27(2)15-36(69-39)10-13-58-56(65)59(66,67)55(79-58)52-30(5)51(78-58)54-40(73-52)9-7-35(71-54)19-33(60)16-31-17-45-46(72-42(31)21-41(70-34)29(26)4)22-47-53(75-45)32(25-68-47)18-44-37(61)11-12-57(76-44)24-28(3)50-48(77-57)20-38(62)43(74-50)23-49(63)64/h26,28,30-32,34-48,50-56,61-62,65-67H,2,4,6-25H2,1,3,5H3,(H,63,64)/t26-,28+,30+,31-,32?,34+,35-,36+,37+,38-,39+,40+,41-,42+,43-,44+,45?,46+,47-,48+,50+,51-,52-,53?,54+,55?,56+,57-,58-/m1/s1. The van der Waals surface area contributed by atoms with E-state index in [1.807, 2.05) is 13.8 Å². The molecule has 0 aromatic carbocycles. The van der Waals surface area contributed by atoms with Crippen LogP contribution in [0.1, 0.15) is 143 Å². The average Bonchev–Trinajstić information content (AvgIpc) is 2.99. The summed E-state index contributed by atoms with van der Waals surface area (Å²) >= 11 is 0. The van der Waals surface area contributed by atoms with Gasteiger partial charge >= 0.3 is 5.97 Å². The van der Waals surface area contributed by atoms with Gasteiger partial charge in [0.05, 0.1) is 129 Å². The molecule has 6 N–H and O–H groups in total. The summed E-state index contributed by atoms with van der Waals surface area (Å²) in [6.07, 6.45) is -3.77. The minimum Gasteiger partial charge on any atom is -0.481 e. The summed E-state index contributed by atoms with van der Waals surface area (Å²) in [5.41, 5.74) is 2.00. The maximum atomic E-state index is 14.7. The highest BCUT2D eigenvalue weighted by molar-refractivity contribution is 5.79. The van der Waals surface area contributed by atoms with Crippen molar-refractivity contribution >= 4 is 11.8 Å². The summed E-state index contributed by atoms with van der Waals surface area (Å²) in [6, 6.07) is 0. The van der Waals surface area contributed by atoms with E-state index in [0.717, 1.165) is 24.0 Å². The van der Waals surface area contributed by atoms with Crippen LogP contribution in [0.4, 0.5) is 0 Å². The first kappa shape index (κ1) is 56.1. The van der Waals surface area contributed by atoms with E-state index in [-0.39, 0.29) is 123 Å². The Kier molecular flexibility index (Phi) is 15.2. The van der Waals surface area contributed by atoms with E-state index in [4.69, 9.17) is 56.8 Å². The largest absolute Gasteiger partial charge is 0.481 e. The molecular weight excluding hydrogens is 1030 g/mol. The van der Waals surface area contributed by atoms with E-state index < -0.39 is 102 Å². The van der Waals surface area contributed by atoms with E-state index in [0.29, 0.717) is 83.7 Å². The lowest BCUT2D eigenvalue weighted by molar-refractivity contribution is -0.370. The molecule has 13 heterocycles. The number of fused-ring (bicyclic) bond motifs is 12. The molecule has 0 aromatic heterocycles. The summed E-state index contributed by atoms with van der Waals surface area (Å²) in [4.78, 5) is 26.2. The van der Waals surface area contributed by atoms with E-state index in [9.17, 15) is 40.2 Å². The third-order valence-corrected chi connectivity index (χ3v) is 21.3. The van der Waals surface area contributed by atoms with Gasteiger partial charge in [-0.15, -0.1) is 0 Å². The van der Waals surface area contributed by atoms with Crippen LogP contribution in [0.15, 0.2) is 24.3 Å². The first-order valence-electron chi connectivity index (χ1n) is 30.2. The molecule has 13 saturated heterocycles. The van der Waals surface area contributed by atoms with Gasteiger partial charge in [0.1, 0.15) is 18.0 Å². The number of carboxylic acids is 1. The SMILES string of the molecule is C=C1C[C@@H]2CC[C@]34OC([C@@H]5O[C@H]6CC[C@H](CC(=O)C[C@@H]7CC8OC9C(C[C@@H]%10O[C@@]%11(CC[C@@H]%10O)C[C@H](C)[C@@H]%10O[C@H](CC(=O)O)[C@H](O)C[C@@H]%10O%11)CO[C@@H]9C[C@@H]8O[C@H]7C[C@H]7O[C@@H](CC[C@@H]1O2)C[C@@H](C)C7=C)O[C@@H]6[C@H](O3)[C@@H]5C)C(O)(O)[C@H]4O. The molecule has 0 radical (unpaired) electrons. The number of Topliss-reactive ketones (excluding diaryl/α,β-unsaturated/α-hetero) is 1. The first-order valence-corrected chi connectivity index (χ1v) is 30.2. The number of rotatable bonds is 4. The highest BCUT2D eigenvalue weighted by Gasteiger charge is 2.72. The molecule has 13 aliphatic heterocycles. The average molecular weight is 1120 g/mol. The molecule has 20 nitrogen and oxygen atoms in total. The van der Waals surface area contributed by atoms with Crippen LogP contribution in [-0.4, -0.2) is 201 Å². The number of hydrogen-bond acceptors (Lipinski definition) is 19. The summed E-state index contributed by atoms with van der Waals surface area (Å²) in [6.45, 7) is 15.6. The lowest BCUT2D eigenvalue weighted by atomic mass is 9.77. The molecule has 0 amide bonds. The van der Waals surface area contributed by atoms with Crippen molar-refractivity contribution in [1.82, 2.24) is 0 Å². The van der Waals surface area contributed by atoms with Crippen molar-refractivity contribution in [2.24, 2.45) is 29.6 Å². The minimum absolute atomic E-state index is 0.0441. The normalized spacial score (nSPS) is 54.4. The molecule has 13 aliphatic rings. The van der Waals surface area contributed by atoms with Gasteiger partial charge in [0, 0.05) is 63.2 Å². The highest BCUT2D eigenvalue weighted by Crippen LogP contribution is 2.54. The fraction of sp³-hybridized carbons (Fsp3) is 0.898. The van der Waals surface area contributed by atoms with Crippen LogP contribution in [0, 0.1) is 29.6 Å². The van der Waals surface area contributed by atoms with Gasteiger partial charge in [-0.05, 0) is 93.1 Å². The van der Waals surface area contributed by atoms with E-state index in [2.05, 4.69) is 20.1 Å². The molecule has 13 fully saturated rings. The second-order valence-electron chi connectivity index (χ2n) is 26.8. The zero-order chi connectivity index (χ0) is 55.0. The van der Waals surface area contributed by atoms with Gasteiger partial charge in [-0.25, -0.2) is 0 Å². The zero-order valence-electron chi connectivity index (χ0n) is 46.0. The molecule has 10 bridgehead atoms. The molecule has 442 valence electrons.